The quantitative estimate of drug-likeness (QED) is 0.504. The number of hydrogen-bond donors (Lipinski definition) is 4. The van der Waals surface area contributed by atoms with E-state index in [0.717, 1.165) is 0 Å². The van der Waals surface area contributed by atoms with Crippen molar-refractivity contribution in [2.24, 2.45) is 22.9 Å². The first-order valence-corrected chi connectivity index (χ1v) is 4.09. The standard InChI is InChI=1S/C8H8N2O2.CH4N2O/c9-7(11)5-3-1-2-4-6(5)8(10)12;2-1(3)4/h1-4H,(H2,9,11)(H2,10,12);(H4,2,3,4). The summed E-state index contributed by atoms with van der Waals surface area (Å²) in [5, 5.41) is 0. The molecule has 86 valence electrons. The molecule has 0 atom stereocenters. The fraction of sp³-hybridized carbons (Fsp3) is 0. The van der Waals surface area contributed by atoms with Crippen LogP contribution in [0.25, 0.3) is 0 Å². The summed E-state index contributed by atoms with van der Waals surface area (Å²) in [5.74, 6) is -1.30. The van der Waals surface area contributed by atoms with E-state index in [0.29, 0.717) is 0 Å². The van der Waals surface area contributed by atoms with E-state index < -0.39 is 17.8 Å². The molecule has 0 aliphatic heterocycles. The molecule has 0 saturated carbocycles. The molecule has 7 heteroatoms. The Bertz CT molecular complexity index is 380. The number of benzene rings is 1. The third-order valence-electron chi connectivity index (χ3n) is 1.46. The van der Waals surface area contributed by atoms with Gasteiger partial charge in [-0.15, -0.1) is 0 Å². The Morgan fingerprint density at radius 2 is 1.00 bits per heavy atom. The van der Waals surface area contributed by atoms with Crippen LogP contribution >= 0.6 is 0 Å². The average molecular weight is 224 g/mol. The van der Waals surface area contributed by atoms with Gasteiger partial charge in [-0.2, -0.15) is 0 Å². The Labute approximate surface area is 91.4 Å². The predicted molar refractivity (Wildman–Crippen MR) is 57.2 cm³/mol. The summed E-state index contributed by atoms with van der Waals surface area (Å²) < 4.78 is 0. The molecule has 1 rings (SSSR count). The Hall–Kier alpha value is -2.57. The van der Waals surface area contributed by atoms with Gasteiger partial charge in [0.05, 0.1) is 11.1 Å². The zero-order valence-corrected chi connectivity index (χ0v) is 8.34. The van der Waals surface area contributed by atoms with E-state index in [1.807, 2.05) is 0 Å². The highest BCUT2D eigenvalue weighted by Gasteiger charge is 2.10. The predicted octanol–water partition coefficient (Wildman–Crippen LogP) is -1.09. The van der Waals surface area contributed by atoms with E-state index >= 15 is 0 Å². The van der Waals surface area contributed by atoms with Crippen molar-refractivity contribution >= 4 is 17.8 Å². The summed E-state index contributed by atoms with van der Waals surface area (Å²) in [5.41, 5.74) is 18.8. The van der Waals surface area contributed by atoms with Gasteiger partial charge >= 0.3 is 6.03 Å². The second-order valence-corrected chi connectivity index (χ2v) is 2.68. The van der Waals surface area contributed by atoms with Crippen LogP contribution in [0.15, 0.2) is 24.3 Å². The minimum absolute atomic E-state index is 0.157. The summed E-state index contributed by atoms with van der Waals surface area (Å²) in [7, 11) is 0. The highest BCUT2D eigenvalue weighted by molar-refractivity contribution is 6.06. The van der Waals surface area contributed by atoms with Crippen LogP contribution in [0.1, 0.15) is 20.7 Å². The number of hydrogen-bond acceptors (Lipinski definition) is 3. The molecule has 0 saturated heterocycles. The lowest BCUT2D eigenvalue weighted by Crippen LogP contribution is -2.20. The first-order chi connectivity index (χ1) is 7.36. The molecule has 0 heterocycles. The molecular weight excluding hydrogens is 212 g/mol. The first kappa shape index (κ1) is 13.4. The Kier molecular flexibility index (Phi) is 5.05. The van der Waals surface area contributed by atoms with Crippen LogP contribution in [0.4, 0.5) is 4.79 Å². The lowest BCUT2D eigenvalue weighted by atomic mass is 10.1. The summed E-state index contributed by atoms with van der Waals surface area (Å²) in [6.45, 7) is 0. The average Bonchev–Trinajstić information content (AvgIpc) is 2.16. The van der Waals surface area contributed by atoms with Crippen molar-refractivity contribution in [1.29, 1.82) is 0 Å². The molecule has 0 spiro atoms. The van der Waals surface area contributed by atoms with Crippen molar-refractivity contribution in [2.75, 3.05) is 0 Å². The number of carbonyl (C=O) groups excluding carboxylic acids is 3. The maximum atomic E-state index is 10.7. The molecule has 0 radical (unpaired) electrons. The first-order valence-electron chi connectivity index (χ1n) is 4.09. The van der Waals surface area contributed by atoms with Crippen LogP contribution in [0.5, 0.6) is 0 Å². The fourth-order valence-corrected chi connectivity index (χ4v) is 0.913. The Balaban J connectivity index is 0.000000487. The third-order valence-corrected chi connectivity index (χ3v) is 1.46. The highest BCUT2D eigenvalue weighted by Crippen LogP contribution is 2.06. The zero-order chi connectivity index (χ0) is 12.7. The Morgan fingerprint density at radius 3 is 1.19 bits per heavy atom. The van der Waals surface area contributed by atoms with Gasteiger partial charge in [-0.05, 0) is 12.1 Å². The number of amides is 4. The molecule has 0 bridgehead atoms. The summed E-state index contributed by atoms with van der Waals surface area (Å²) in [4.78, 5) is 30.5. The third kappa shape index (κ3) is 4.61. The summed E-state index contributed by atoms with van der Waals surface area (Å²) in [6.07, 6.45) is 0. The van der Waals surface area contributed by atoms with Gasteiger partial charge in [0.25, 0.3) is 0 Å². The highest BCUT2D eigenvalue weighted by atomic mass is 16.2. The lowest BCUT2D eigenvalue weighted by molar-refractivity contribution is 0.0967. The number of rotatable bonds is 2. The van der Waals surface area contributed by atoms with Gasteiger partial charge in [0.1, 0.15) is 0 Å². The van der Waals surface area contributed by atoms with E-state index in [1.54, 1.807) is 12.1 Å². The van der Waals surface area contributed by atoms with Crippen LogP contribution in [-0.2, 0) is 0 Å². The maximum Gasteiger partial charge on any atom is 0.309 e. The van der Waals surface area contributed by atoms with Crippen LogP contribution in [-0.4, -0.2) is 17.8 Å². The number of nitrogens with two attached hydrogens (primary N) is 4. The van der Waals surface area contributed by atoms with Gasteiger partial charge in [-0.25, -0.2) is 4.79 Å². The summed E-state index contributed by atoms with van der Waals surface area (Å²) in [6, 6.07) is 5.32. The molecule has 1 aromatic rings. The summed E-state index contributed by atoms with van der Waals surface area (Å²) >= 11 is 0. The van der Waals surface area contributed by atoms with Gasteiger partial charge in [0, 0.05) is 0 Å². The smallest absolute Gasteiger partial charge is 0.309 e. The lowest BCUT2D eigenvalue weighted by Gasteiger charge is -2.00. The fourth-order valence-electron chi connectivity index (χ4n) is 0.913. The molecule has 7 nitrogen and oxygen atoms in total. The molecule has 8 N–H and O–H groups in total. The van der Waals surface area contributed by atoms with E-state index in [9.17, 15) is 9.59 Å². The normalized spacial score (nSPS) is 8.50. The molecule has 16 heavy (non-hydrogen) atoms. The number of urea groups is 1. The maximum absolute atomic E-state index is 10.7. The minimum atomic E-state index is -0.833. The van der Waals surface area contributed by atoms with Crippen LogP contribution in [0.2, 0.25) is 0 Å². The largest absolute Gasteiger partial charge is 0.366 e. The molecule has 0 fully saturated rings. The van der Waals surface area contributed by atoms with Gasteiger partial charge in [0.2, 0.25) is 11.8 Å². The monoisotopic (exact) mass is 224 g/mol. The van der Waals surface area contributed by atoms with Gasteiger partial charge < -0.3 is 22.9 Å². The molecule has 0 aliphatic carbocycles. The molecule has 4 amide bonds. The van der Waals surface area contributed by atoms with Crippen LogP contribution in [0.3, 0.4) is 0 Å². The molecule has 0 aromatic heterocycles. The van der Waals surface area contributed by atoms with Gasteiger partial charge in [0.15, 0.2) is 0 Å². The van der Waals surface area contributed by atoms with E-state index in [4.69, 9.17) is 16.3 Å². The van der Waals surface area contributed by atoms with E-state index in [1.165, 1.54) is 12.1 Å². The molecule has 1 aromatic carbocycles. The van der Waals surface area contributed by atoms with Gasteiger partial charge in [-0.3, -0.25) is 9.59 Å². The van der Waals surface area contributed by atoms with Crippen molar-refractivity contribution in [3.05, 3.63) is 35.4 Å². The zero-order valence-electron chi connectivity index (χ0n) is 8.34. The van der Waals surface area contributed by atoms with Crippen molar-refractivity contribution in [2.45, 2.75) is 0 Å². The second kappa shape index (κ2) is 6.02. The number of primary amides is 4. The molecular formula is C9H12N4O3. The topological polar surface area (TPSA) is 155 Å². The van der Waals surface area contributed by atoms with E-state index in [2.05, 4.69) is 11.5 Å². The van der Waals surface area contributed by atoms with E-state index in [-0.39, 0.29) is 11.1 Å². The van der Waals surface area contributed by atoms with Crippen molar-refractivity contribution in [3.8, 4) is 0 Å². The second-order valence-electron chi connectivity index (χ2n) is 2.68. The van der Waals surface area contributed by atoms with Crippen LogP contribution < -0.4 is 22.9 Å². The number of carbonyl (C=O) groups is 3. The SMILES string of the molecule is NC(=O)c1ccccc1C(N)=O.NC(N)=O. The Morgan fingerprint density at radius 1 is 0.750 bits per heavy atom. The molecule has 0 aliphatic rings. The van der Waals surface area contributed by atoms with Crippen molar-refractivity contribution < 1.29 is 14.4 Å². The minimum Gasteiger partial charge on any atom is -0.366 e. The molecule has 0 unspecified atom stereocenters. The van der Waals surface area contributed by atoms with Crippen molar-refractivity contribution in [3.63, 3.8) is 0 Å². The van der Waals surface area contributed by atoms with Crippen LogP contribution in [0, 0.1) is 0 Å². The van der Waals surface area contributed by atoms with Crippen molar-refractivity contribution in [1.82, 2.24) is 0 Å². The van der Waals surface area contributed by atoms with Gasteiger partial charge in [-0.1, -0.05) is 12.1 Å².